The number of carbonyl (C=O) groups excluding carboxylic acids is 2. The molecule has 1 fully saturated rings. The molecule has 1 unspecified atom stereocenters. The van der Waals surface area contributed by atoms with Gasteiger partial charge < -0.3 is 9.64 Å². The molecule has 0 aromatic heterocycles. The zero-order valence-corrected chi connectivity index (χ0v) is 10.7. The number of rotatable bonds is 3. The summed E-state index contributed by atoms with van der Waals surface area (Å²) in [6.07, 6.45) is 2.57. The topological polar surface area (TPSA) is 46.6 Å². The number of nitrogens with zero attached hydrogens (tertiary/aromatic N) is 1. The van der Waals surface area contributed by atoms with Crippen molar-refractivity contribution in [2.75, 3.05) is 18.6 Å². The van der Waals surface area contributed by atoms with Crippen LogP contribution >= 0.6 is 0 Å². The summed E-state index contributed by atoms with van der Waals surface area (Å²) in [7, 11) is 1.40. The SMILES string of the molecule is COC(=O)C1CCCN1c1cccc(C)c1C=O. The fourth-order valence-corrected chi connectivity index (χ4v) is 2.51. The number of esters is 1. The van der Waals surface area contributed by atoms with Gasteiger partial charge in [-0.1, -0.05) is 12.1 Å². The number of aryl methyl sites for hydroxylation is 1. The van der Waals surface area contributed by atoms with E-state index in [1.165, 1.54) is 7.11 Å². The van der Waals surface area contributed by atoms with Gasteiger partial charge in [0.25, 0.3) is 0 Å². The van der Waals surface area contributed by atoms with Crippen LogP contribution in [0.3, 0.4) is 0 Å². The molecule has 0 bridgehead atoms. The van der Waals surface area contributed by atoms with Gasteiger partial charge in [0.1, 0.15) is 6.04 Å². The number of anilines is 1. The standard InChI is InChI=1S/C14H17NO3/c1-10-5-3-6-12(11(10)9-16)15-8-4-7-13(15)14(17)18-2/h3,5-6,9,13H,4,7-8H2,1-2H3. The van der Waals surface area contributed by atoms with Crippen LogP contribution < -0.4 is 4.90 Å². The minimum Gasteiger partial charge on any atom is -0.467 e. The smallest absolute Gasteiger partial charge is 0.328 e. The van der Waals surface area contributed by atoms with E-state index in [-0.39, 0.29) is 12.0 Å². The molecule has 0 radical (unpaired) electrons. The highest BCUT2D eigenvalue weighted by molar-refractivity contribution is 5.89. The first-order valence-corrected chi connectivity index (χ1v) is 6.08. The van der Waals surface area contributed by atoms with E-state index >= 15 is 0 Å². The van der Waals surface area contributed by atoms with Crippen molar-refractivity contribution in [1.82, 2.24) is 0 Å². The van der Waals surface area contributed by atoms with Crippen LogP contribution in [0.15, 0.2) is 18.2 Å². The minimum atomic E-state index is -0.268. The number of hydrogen-bond donors (Lipinski definition) is 0. The number of benzene rings is 1. The van der Waals surface area contributed by atoms with E-state index in [0.717, 1.165) is 36.9 Å². The predicted octanol–water partition coefficient (Wildman–Crippen LogP) is 1.95. The molecule has 96 valence electrons. The summed E-state index contributed by atoms with van der Waals surface area (Å²) in [6, 6.07) is 5.43. The number of carbonyl (C=O) groups is 2. The zero-order chi connectivity index (χ0) is 13.1. The van der Waals surface area contributed by atoms with Crippen molar-refractivity contribution < 1.29 is 14.3 Å². The Balaban J connectivity index is 2.39. The second-order valence-corrected chi connectivity index (χ2v) is 4.50. The highest BCUT2D eigenvalue weighted by atomic mass is 16.5. The molecule has 1 aliphatic heterocycles. The zero-order valence-electron chi connectivity index (χ0n) is 10.7. The Morgan fingerprint density at radius 3 is 2.94 bits per heavy atom. The number of hydrogen-bond acceptors (Lipinski definition) is 4. The number of ether oxygens (including phenoxy) is 1. The highest BCUT2D eigenvalue weighted by Gasteiger charge is 2.32. The summed E-state index contributed by atoms with van der Waals surface area (Å²) < 4.78 is 4.82. The van der Waals surface area contributed by atoms with Crippen LogP contribution in [0, 0.1) is 6.92 Å². The van der Waals surface area contributed by atoms with Crippen molar-refractivity contribution in [1.29, 1.82) is 0 Å². The molecule has 1 aliphatic rings. The lowest BCUT2D eigenvalue weighted by atomic mass is 10.1. The Morgan fingerprint density at radius 2 is 2.28 bits per heavy atom. The predicted molar refractivity (Wildman–Crippen MR) is 69.0 cm³/mol. The summed E-state index contributed by atoms with van der Waals surface area (Å²) >= 11 is 0. The summed E-state index contributed by atoms with van der Waals surface area (Å²) in [5.74, 6) is -0.231. The number of aldehydes is 1. The molecule has 4 nitrogen and oxygen atoms in total. The molecule has 0 amide bonds. The van der Waals surface area contributed by atoms with Gasteiger partial charge >= 0.3 is 5.97 Å². The molecule has 2 rings (SSSR count). The van der Waals surface area contributed by atoms with E-state index in [9.17, 15) is 9.59 Å². The van der Waals surface area contributed by atoms with Gasteiger partial charge in [0.2, 0.25) is 0 Å². The first-order valence-electron chi connectivity index (χ1n) is 6.08. The lowest BCUT2D eigenvalue weighted by Crippen LogP contribution is -2.37. The molecular formula is C14H17NO3. The van der Waals surface area contributed by atoms with Crippen LogP contribution in [0.2, 0.25) is 0 Å². The van der Waals surface area contributed by atoms with E-state index in [0.29, 0.717) is 5.56 Å². The lowest BCUT2D eigenvalue weighted by molar-refractivity contribution is -0.141. The third-order valence-corrected chi connectivity index (χ3v) is 3.45. The Morgan fingerprint density at radius 1 is 1.50 bits per heavy atom. The quantitative estimate of drug-likeness (QED) is 0.605. The Bertz CT molecular complexity index is 470. The van der Waals surface area contributed by atoms with Gasteiger partial charge in [0, 0.05) is 17.8 Å². The maximum Gasteiger partial charge on any atom is 0.328 e. The molecule has 18 heavy (non-hydrogen) atoms. The summed E-state index contributed by atoms with van der Waals surface area (Å²) in [5.41, 5.74) is 2.42. The fourth-order valence-electron chi connectivity index (χ4n) is 2.51. The molecule has 0 aliphatic carbocycles. The van der Waals surface area contributed by atoms with E-state index < -0.39 is 0 Å². The second-order valence-electron chi connectivity index (χ2n) is 4.50. The van der Waals surface area contributed by atoms with Crippen LogP contribution in [-0.2, 0) is 9.53 Å². The monoisotopic (exact) mass is 247 g/mol. The second kappa shape index (κ2) is 5.21. The average molecular weight is 247 g/mol. The van der Waals surface area contributed by atoms with Crippen molar-refractivity contribution in [3.8, 4) is 0 Å². The molecule has 1 aromatic carbocycles. The largest absolute Gasteiger partial charge is 0.467 e. The van der Waals surface area contributed by atoms with Crippen LogP contribution in [0.25, 0.3) is 0 Å². The van der Waals surface area contributed by atoms with Gasteiger partial charge in [-0.2, -0.15) is 0 Å². The van der Waals surface area contributed by atoms with Gasteiger partial charge in [-0.25, -0.2) is 4.79 Å². The van der Waals surface area contributed by atoms with Crippen LogP contribution in [-0.4, -0.2) is 32.0 Å². The summed E-state index contributed by atoms with van der Waals surface area (Å²) in [5, 5.41) is 0. The van der Waals surface area contributed by atoms with Gasteiger partial charge in [-0.05, 0) is 31.4 Å². The van der Waals surface area contributed by atoms with Crippen molar-refractivity contribution in [2.45, 2.75) is 25.8 Å². The van der Waals surface area contributed by atoms with Crippen molar-refractivity contribution in [3.63, 3.8) is 0 Å². The number of methoxy groups -OCH3 is 1. The van der Waals surface area contributed by atoms with Crippen LogP contribution in [0.1, 0.15) is 28.8 Å². The highest BCUT2D eigenvalue weighted by Crippen LogP contribution is 2.30. The Labute approximate surface area is 107 Å². The van der Waals surface area contributed by atoms with Gasteiger partial charge in [0.05, 0.1) is 7.11 Å². The Kier molecular flexibility index (Phi) is 3.65. The molecule has 0 spiro atoms. The van der Waals surface area contributed by atoms with Gasteiger partial charge in [-0.3, -0.25) is 4.79 Å². The minimum absolute atomic E-state index is 0.231. The van der Waals surface area contributed by atoms with E-state index in [1.54, 1.807) is 0 Å². The van der Waals surface area contributed by atoms with Gasteiger partial charge in [-0.15, -0.1) is 0 Å². The molecule has 0 saturated carbocycles. The molecule has 1 heterocycles. The molecule has 0 N–H and O–H groups in total. The first-order chi connectivity index (χ1) is 8.69. The Hall–Kier alpha value is -1.84. The van der Waals surface area contributed by atoms with E-state index in [1.807, 2.05) is 30.0 Å². The van der Waals surface area contributed by atoms with E-state index in [2.05, 4.69) is 0 Å². The normalized spacial score (nSPS) is 18.8. The molecule has 1 aromatic rings. The van der Waals surface area contributed by atoms with Crippen molar-refractivity contribution >= 4 is 17.9 Å². The van der Waals surface area contributed by atoms with Crippen LogP contribution in [0.5, 0.6) is 0 Å². The van der Waals surface area contributed by atoms with Crippen molar-refractivity contribution in [2.24, 2.45) is 0 Å². The third-order valence-electron chi connectivity index (χ3n) is 3.45. The summed E-state index contributed by atoms with van der Waals surface area (Å²) in [6.45, 7) is 2.68. The molecule has 1 atom stereocenters. The summed E-state index contributed by atoms with van der Waals surface area (Å²) in [4.78, 5) is 24.9. The fraction of sp³-hybridized carbons (Fsp3) is 0.429. The maximum absolute atomic E-state index is 11.7. The molecular weight excluding hydrogens is 230 g/mol. The lowest BCUT2D eigenvalue weighted by Gasteiger charge is -2.26. The van der Waals surface area contributed by atoms with Crippen molar-refractivity contribution in [3.05, 3.63) is 29.3 Å². The van der Waals surface area contributed by atoms with E-state index in [4.69, 9.17) is 4.74 Å². The van der Waals surface area contributed by atoms with Gasteiger partial charge in [0.15, 0.2) is 6.29 Å². The first kappa shape index (κ1) is 12.6. The molecule has 1 saturated heterocycles. The van der Waals surface area contributed by atoms with Crippen LogP contribution in [0.4, 0.5) is 5.69 Å². The third kappa shape index (κ3) is 2.10. The molecule has 4 heteroatoms. The maximum atomic E-state index is 11.7. The average Bonchev–Trinajstić information content (AvgIpc) is 2.86.